The van der Waals surface area contributed by atoms with Gasteiger partial charge in [0.25, 0.3) is 5.91 Å². The van der Waals surface area contributed by atoms with E-state index in [0.717, 1.165) is 17.0 Å². The summed E-state index contributed by atoms with van der Waals surface area (Å²) >= 11 is 1.18. The van der Waals surface area contributed by atoms with E-state index in [9.17, 15) is 13.2 Å². The van der Waals surface area contributed by atoms with Crippen LogP contribution in [0.2, 0.25) is 0 Å². The SMILES string of the molecule is CCCNC(=O)c1ccc(S(=O)(=O)N(C)Cc2snnc2C)cc1. The number of nitrogens with one attached hydrogen (secondary N) is 1. The van der Waals surface area contributed by atoms with Crippen LogP contribution in [0.5, 0.6) is 0 Å². The van der Waals surface area contributed by atoms with Crippen LogP contribution in [-0.2, 0) is 16.6 Å². The van der Waals surface area contributed by atoms with E-state index in [1.165, 1.54) is 47.2 Å². The predicted octanol–water partition coefficient (Wildman–Crippen LogP) is 1.81. The standard InChI is InChI=1S/C15H20N4O3S2/c1-4-9-16-15(20)12-5-7-13(8-6-12)24(21,22)19(3)10-14-11(2)17-18-23-14/h5-8H,4,9-10H2,1-3H3,(H,16,20). The molecule has 1 aromatic heterocycles. The molecular formula is C15H20N4O3S2. The molecule has 1 amide bonds. The van der Waals surface area contributed by atoms with Crippen molar-refractivity contribution < 1.29 is 13.2 Å². The van der Waals surface area contributed by atoms with E-state index in [2.05, 4.69) is 14.9 Å². The van der Waals surface area contributed by atoms with Gasteiger partial charge in [-0.15, -0.1) is 5.10 Å². The van der Waals surface area contributed by atoms with E-state index >= 15 is 0 Å². The molecule has 7 nitrogen and oxygen atoms in total. The van der Waals surface area contributed by atoms with Crippen molar-refractivity contribution in [2.24, 2.45) is 0 Å². The normalized spacial score (nSPS) is 11.7. The second-order valence-corrected chi connectivity index (χ2v) is 8.21. The minimum absolute atomic E-state index is 0.146. The number of aromatic nitrogens is 2. The maximum Gasteiger partial charge on any atom is 0.251 e. The lowest BCUT2D eigenvalue weighted by atomic mass is 10.2. The first-order valence-electron chi connectivity index (χ1n) is 7.48. The van der Waals surface area contributed by atoms with Gasteiger partial charge in [-0.25, -0.2) is 8.42 Å². The van der Waals surface area contributed by atoms with Crippen molar-refractivity contribution in [3.63, 3.8) is 0 Å². The smallest absolute Gasteiger partial charge is 0.251 e. The van der Waals surface area contributed by atoms with Crippen molar-refractivity contribution in [2.75, 3.05) is 13.6 Å². The van der Waals surface area contributed by atoms with Crippen molar-refractivity contribution in [2.45, 2.75) is 31.7 Å². The fourth-order valence-corrected chi connectivity index (χ4v) is 3.89. The van der Waals surface area contributed by atoms with Crippen LogP contribution >= 0.6 is 11.5 Å². The van der Waals surface area contributed by atoms with Crippen LogP contribution < -0.4 is 5.32 Å². The summed E-state index contributed by atoms with van der Waals surface area (Å²) < 4.78 is 30.3. The highest BCUT2D eigenvalue weighted by atomic mass is 32.2. The largest absolute Gasteiger partial charge is 0.352 e. The summed E-state index contributed by atoms with van der Waals surface area (Å²) in [7, 11) is -2.13. The van der Waals surface area contributed by atoms with Crippen molar-refractivity contribution in [1.82, 2.24) is 19.2 Å². The molecule has 0 saturated heterocycles. The van der Waals surface area contributed by atoms with Gasteiger partial charge in [-0.2, -0.15) is 4.31 Å². The molecule has 0 saturated carbocycles. The number of sulfonamides is 1. The third-order valence-corrected chi connectivity index (χ3v) is 6.10. The van der Waals surface area contributed by atoms with Gasteiger partial charge in [0.1, 0.15) is 0 Å². The Kier molecular flexibility index (Phi) is 6.03. The van der Waals surface area contributed by atoms with Gasteiger partial charge in [-0.1, -0.05) is 11.4 Å². The third kappa shape index (κ3) is 4.16. The Morgan fingerprint density at radius 3 is 2.50 bits per heavy atom. The van der Waals surface area contributed by atoms with E-state index in [-0.39, 0.29) is 17.3 Å². The zero-order chi connectivity index (χ0) is 17.7. The summed E-state index contributed by atoms with van der Waals surface area (Å²) in [6, 6.07) is 5.94. The lowest BCUT2D eigenvalue weighted by Crippen LogP contribution is -2.27. The van der Waals surface area contributed by atoms with Crippen LogP contribution in [0.3, 0.4) is 0 Å². The van der Waals surface area contributed by atoms with Crippen molar-refractivity contribution in [3.05, 3.63) is 40.4 Å². The van der Waals surface area contributed by atoms with Gasteiger partial charge < -0.3 is 5.32 Å². The number of hydrogen-bond acceptors (Lipinski definition) is 6. The average molecular weight is 368 g/mol. The topological polar surface area (TPSA) is 92.3 Å². The van der Waals surface area contributed by atoms with Crippen LogP contribution in [0.4, 0.5) is 0 Å². The maximum atomic E-state index is 12.6. The van der Waals surface area contributed by atoms with Gasteiger partial charge in [-0.05, 0) is 49.1 Å². The minimum Gasteiger partial charge on any atom is -0.352 e. The maximum absolute atomic E-state index is 12.6. The fourth-order valence-electron chi connectivity index (χ4n) is 1.98. The monoisotopic (exact) mass is 368 g/mol. The zero-order valence-corrected chi connectivity index (χ0v) is 15.4. The highest BCUT2D eigenvalue weighted by Crippen LogP contribution is 2.19. The van der Waals surface area contributed by atoms with E-state index < -0.39 is 10.0 Å². The number of hydrogen-bond donors (Lipinski definition) is 1. The average Bonchev–Trinajstić information content (AvgIpc) is 2.97. The Morgan fingerprint density at radius 1 is 1.29 bits per heavy atom. The third-order valence-electron chi connectivity index (χ3n) is 3.47. The van der Waals surface area contributed by atoms with Gasteiger partial charge in [0.15, 0.2) is 0 Å². The number of amides is 1. The highest BCUT2D eigenvalue weighted by Gasteiger charge is 2.22. The molecule has 1 N–H and O–H groups in total. The second kappa shape index (κ2) is 7.82. The molecule has 2 rings (SSSR count). The summed E-state index contributed by atoms with van der Waals surface area (Å²) in [4.78, 5) is 12.8. The van der Waals surface area contributed by atoms with E-state index in [0.29, 0.717) is 12.1 Å². The number of carbonyl (C=O) groups is 1. The fraction of sp³-hybridized carbons (Fsp3) is 0.400. The van der Waals surface area contributed by atoms with Gasteiger partial charge in [0.2, 0.25) is 10.0 Å². The molecule has 0 aliphatic carbocycles. The van der Waals surface area contributed by atoms with Gasteiger partial charge >= 0.3 is 0 Å². The van der Waals surface area contributed by atoms with Crippen molar-refractivity contribution in [1.29, 1.82) is 0 Å². The number of rotatable bonds is 7. The summed E-state index contributed by atoms with van der Waals surface area (Å²) in [6.45, 7) is 4.56. The quantitative estimate of drug-likeness (QED) is 0.804. The number of benzene rings is 1. The molecular weight excluding hydrogens is 348 g/mol. The molecule has 9 heteroatoms. The van der Waals surface area contributed by atoms with Crippen LogP contribution in [0, 0.1) is 6.92 Å². The van der Waals surface area contributed by atoms with E-state index in [1.54, 1.807) is 6.92 Å². The minimum atomic E-state index is -3.64. The molecule has 130 valence electrons. The zero-order valence-electron chi connectivity index (χ0n) is 13.8. The number of carbonyl (C=O) groups excluding carboxylic acids is 1. The molecule has 1 aromatic carbocycles. The summed E-state index contributed by atoms with van der Waals surface area (Å²) in [6.07, 6.45) is 0.842. The first-order chi connectivity index (χ1) is 11.4. The summed E-state index contributed by atoms with van der Waals surface area (Å²) in [5.41, 5.74) is 1.16. The second-order valence-electron chi connectivity index (χ2n) is 5.32. The molecule has 0 spiro atoms. The molecule has 0 unspecified atom stereocenters. The summed E-state index contributed by atoms with van der Waals surface area (Å²) in [5, 5.41) is 6.64. The van der Waals surface area contributed by atoms with E-state index in [4.69, 9.17) is 0 Å². The molecule has 24 heavy (non-hydrogen) atoms. The molecule has 2 aromatic rings. The van der Waals surface area contributed by atoms with Crippen LogP contribution in [0.1, 0.15) is 34.3 Å². The molecule has 1 heterocycles. The molecule has 0 bridgehead atoms. The Bertz CT molecular complexity index is 800. The molecule has 0 aliphatic heterocycles. The van der Waals surface area contributed by atoms with E-state index in [1.807, 2.05) is 6.92 Å². The Labute approximate surface area is 145 Å². The van der Waals surface area contributed by atoms with Gasteiger partial charge in [0, 0.05) is 19.2 Å². The van der Waals surface area contributed by atoms with Crippen molar-refractivity contribution in [3.8, 4) is 0 Å². The van der Waals surface area contributed by atoms with Crippen LogP contribution in [0.25, 0.3) is 0 Å². The Morgan fingerprint density at radius 2 is 1.96 bits per heavy atom. The Balaban J connectivity index is 2.14. The van der Waals surface area contributed by atoms with Gasteiger partial charge in [-0.3, -0.25) is 4.79 Å². The molecule has 0 atom stereocenters. The summed E-state index contributed by atoms with van der Waals surface area (Å²) in [5.74, 6) is -0.208. The predicted molar refractivity (Wildman–Crippen MR) is 92.4 cm³/mol. The molecule has 0 radical (unpaired) electrons. The molecule has 0 fully saturated rings. The first kappa shape index (κ1) is 18.5. The lowest BCUT2D eigenvalue weighted by molar-refractivity contribution is 0.0953. The van der Waals surface area contributed by atoms with Crippen LogP contribution in [0.15, 0.2) is 29.2 Å². The van der Waals surface area contributed by atoms with Gasteiger partial charge in [0.05, 0.1) is 22.0 Å². The highest BCUT2D eigenvalue weighted by molar-refractivity contribution is 7.89. The number of aryl methyl sites for hydroxylation is 1. The van der Waals surface area contributed by atoms with Crippen molar-refractivity contribution >= 4 is 27.5 Å². The number of nitrogens with zero attached hydrogens (tertiary/aromatic N) is 3. The molecule has 0 aliphatic rings. The lowest BCUT2D eigenvalue weighted by Gasteiger charge is -2.16. The first-order valence-corrected chi connectivity index (χ1v) is 9.70. The Hall–Kier alpha value is -1.84. The van der Waals surface area contributed by atoms with Crippen LogP contribution in [-0.4, -0.2) is 41.8 Å².